The Labute approximate surface area is 85.1 Å². The van der Waals surface area contributed by atoms with Gasteiger partial charge in [0.15, 0.2) is 24.7 Å². The highest BCUT2D eigenvalue weighted by Gasteiger charge is 2.16. The van der Waals surface area contributed by atoms with Gasteiger partial charge in [0.05, 0.1) is 17.6 Å². The van der Waals surface area contributed by atoms with Crippen molar-refractivity contribution >= 4 is 12.6 Å². The molecule has 5 nitrogen and oxygen atoms in total. The number of hydrogen-bond donors (Lipinski definition) is 1. The van der Waals surface area contributed by atoms with E-state index in [-0.39, 0.29) is 0 Å². The Morgan fingerprint density at radius 2 is 2.20 bits per heavy atom. The lowest BCUT2D eigenvalue weighted by atomic mass is 10.1. The third kappa shape index (κ3) is 1.38. The van der Waals surface area contributed by atoms with Crippen LogP contribution in [-0.4, -0.2) is 22.5 Å². The van der Waals surface area contributed by atoms with Crippen LogP contribution in [0.3, 0.4) is 0 Å². The highest BCUT2D eigenvalue weighted by molar-refractivity contribution is 5.92. The highest BCUT2D eigenvalue weighted by atomic mass is 16.3. The molecule has 2 aromatic heterocycles. The van der Waals surface area contributed by atoms with Crippen molar-refractivity contribution in [1.29, 1.82) is 0 Å². The number of aromatic amines is 1. The van der Waals surface area contributed by atoms with Crippen LogP contribution in [0.1, 0.15) is 26.4 Å². The fraction of sp³-hybridized carbons (Fsp3) is 0.100. The van der Waals surface area contributed by atoms with E-state index in [1.54, 1.807) is 6.92 Å². The van der Waals surface area contributed by atoms with Gasteiger partial charge in [-0.25, -0.2) is 4.98 Å². The standard InChI is InChI=1S/C10H8N2O3/c1-6-7(3-13)10(12-8(6)4-14)9-2-11-5-15-9/h2-5,12H,1H3. The third-order valence-corrected chi connectivity index (χ3v) is 2.25. The number of carbonyl (C=O) groups excluding carboxylic acids is 2. The maximum absolute atomic E-state index is 10.9. The monoisotopic (exact) mass is 204 g/mol. The molecule has 0 unspecified atom stereocenters. The molecule has 2 rings (SSSR count). The molecule has 15 heavy (non-hydrogen) atoms. The van der Waals surface area contributed by atoms with E-state index in [1.165, 1.54) is 12.6 Å². The first-order valence-corrected chi connectivity index (χ1v) is 4.29. The number of rotatable bonds is 3. The SMILES string of the molecule is Cc1c(C=O)[nH]c(-c2cnco2)c1C=O. The second kappa shape index (κ2) is 3.53. The molecule has 0 aliphatic heterocycles. The maximum Gasteiger partial charge on any atom is 0.181 e. The molecule has 1 N–H and O–H groups in total. The molecule has 2 heterocycles. The Balaban J connectivity index is 2.66. The summed E-state index contributed by atoms with van der Waals surface area (Å²) in [7, 11) is 0. The summed E-state index contributed by atoms with van der Waals surface area (Å²) in [6, 6.07) is 0. The summed E-state index contributed by atoms with van der Waals surface area (Å²) in [5, 5.41) is 0. The summed E-state index contributed by atoms with van der Waals surface area (Å²) < 4.78 is 5.06. The van der Waals surface area contributed by atoms with Crippen molar-refractivity contribution in [1.82, 2.24) is 9.97 Å². The van der Waals surface area contributed by atoms with Crippen molar-refractivity contribution in [2.45, 2.75) is 6.92 Å². The average molecular weight is 204 g/mol. The van der Waals surface area contributed by atoms with Gasteiger partial charge in [-0.2, -0.15) is 0 Å². The van der Waals surface area contributed by atoms with Gasteiger partial charge in [-0.15, -0.1) is 0 Å². The number of hydrogen-bond acceptors (Lipinski definition) is 4. The van der Waals surface area contributed by atoms with E-state index in [9.17, 15) is 9.59 Å². The van der Waals surface area contributed by atoms with Gasteiger partial charge < -0.3 is 9.40 Å². The van der Waals surface area contributed by atoms with E-state index in [4.69, 9.17) is 4.42 Å². The van der Waals surface area contributed by atoms with E-state index in [2.05, 4.69) is 9.97 Å². The first-order valence-electron chi connectivity index (χ1n) is 4.29. The number of nitrogens with one attached hydrogen (secondary N) is 1. The second-order valence-electron chi connectivity index (χ2n) is 3.05. The van der Waals surface area contributed by atoms with Gasteiger partial charge in [0.2, 0.25) is 0 Å². The van der Waals surface area contributed by atoms with Crippen molar-refractivity contribution in [3.8, 4) is 11.5 Å². The molecule has 0 aromatic carbocycles. The molecule has 0 fully saturated rings. The predicted molar refractivity (Wildman–Crippen MR) is 51.8 cm³/mol. The molecule has 5 heteroatoms. The maximum atomic E-state index is 10.9. The van der Waals surface area contributed by atoms with Gasteiger partial charge in [0.25, 0.3) is 0 Å². The smallest absolute Gasteiger partial charge is 0.181 e. The summed E-state index contributed by atoms with van der Waals surface area (Å²) >= 11 is 0. The largest absolute Gasteiger partial charge is 0.442 e. The van der Waals surface area contributed by atoms with E-state index in [0.717, 1.165) is 0 Å². The molecule has 0 radical (unpaired) electrons. The zero-order valence-corrected chi connectivity index (χ0v) is 7.98. The fourth-order valence-electron chi connectivity index (χ4n) is 1.43. The van der Waals surface area contributed by atoms with E-state index < -0.39 is 0 Å². The van der Waals surface area contributed by atoms with Crippen molar-refractivity contribution in [2.24, 2.45) is 0 Å². The van der Waals surface area contributed by atoms with Gasteiger partial charge in [-0.3, -0.25) is 9.59 Å². The molecule has 0 bridgehead atoms. The quantitative estimate of drug-likeness (QED) is 0.770. The number of nitrogens with zero attached hydrogens (tertiary/aromatic N) is 1. The second-order valence-corrected chi connectivity index (χ2v) is 3.05. The summed E-state index contributed by atoms with van der Waals surface area (Å²) in [6.07, 6.45) is 4.10. The normalized spacial score (nSPS) is 10.2. The minimum absolute atomic E-state index is 0.378. The van der Waals surface area contributed by atoms with Crippen LogP contribution in [0.2, 0.25) is 0 Å². The third-order valence-electron chi connectivity index (χ3n) is 2.25. The topological polar surface area (TPSA) is 76.0 Å². The lowest BCUT2D eigenvalue weighted by Gasteiger charge is -1.92. The molecule has 0 atom stereocenters. The first kappa shape index (κ1) is 9.39. The summed E-state index contributed by atoms with van der Waals surface area (Å²) in [5.41, 5.74) is 1.91. The Hall–Kier alpha value is -2.17. The Morgan fingerprint density at radius 3 is 2.73 bits per heavy atom. The fourth-order valence-corrected chi connectivity index (χ4v) is 1.43. The van der Waals surface area contributed by atoms with Gasteiger partial charge >= 0.3 is 0 Å². The lowest BCUT2D eigenvalue weighted by Crippen LogP contribution is -1.84. The van der Waals surface area contributed by atoms with Gasteiger partial charge in [0.1, 0.15) is 0 Å². The van der Waals surface area contributed by atoms with E-state index in [0.29, 0.717) is 40.8 Å². The molecule has 0 aliphatic carbocycles. The van der Waals surface area contributed by atoms with Crippen LogP contribution in [0, 0.1) is 6.92 Å². The number of carbonyl (C=O) groups is 2. The molecule has 0 spiro atoms. The number of aldehydes is 2. The molecule has 76 valence electrons. The molecule has 0 amide bonds. The molecule has 2 aromatic rings. The zero-order chi connectivity index (χ0) is 10.8. The van der Waals surface area contributed by atoms with Crippen LogP contribution >= 0.6 is 0 Å². The summed E-state index contributed by atoms with van der Waals surface area (Å²) in [5.74, 6) is 0.438. The molecule has 0 saturated heterocycles. The average Bonchev–Trinajstić information content (AvgIpc) is 2.84. The van der Waals surface area contributed by atoms with Crippen molar-refractivity contribution in [2.75, 3.05) is 0 Å². The molecule has 0 saturated carbocycles. The minimum Gasteiger partial charge on any atom is -0.442 e. The number of aromatic nitrogens is 2. The van der Waals surface area contributed by atoms with E-state index >= 15 is 0 Å². The molecule has 0 aliphatic rings. The van der Waals surface area contributed by atoms with Gasteiger partial charge in [-0.05, 0) is 12.5 Å². The summed E-state index contributed by atoms with van der Waals surface area (Å²) in [6.45, 7) is 1.70. The zero-order valence-electron chi connectivity index (χ0n) is 7.98. The van der Waals surface area contributed by atoms with Crippen molar-refractivity contribution in [3.05, 3.63) is 29.4 Å². The number of H-pyrrole nitrogens is 1. The minimum atomic E-state index is 0.378. The predicted octanol–water partition coefficient (Wildman–Crippen LogP) is 1.60. The van der Waals surface area contributed by atoms with Crippen LogP contribution in [0.5, 0.6) is 0 Å². The van der Waals surface area contributed by atoms with Crippen LogP contribution in [0.4, 0.5) is 0 Å². The Kier molecular flexibility index (Phi) is 2.21. The van der Waals surface area contributed by atoms with Crippen LogP contribution < -0.4 is 0 Å². The van der Waals surface area contributed by atoms with Crippen LogP contribution in [0.25, 0.3) is 11.5 Å². The van der Waals surface area contributed by atoms with Crippen molar-refractivity contribution in [3.63, 3.8) is 0 Å². The molecular weight excluding hydrogens is 196 g/mol. The molecular formula is C10H8N2O3. The first-order chi connectivity index (χ1) is 7.27. The van der Waals surface area contributed by atoms with Crippen LogP contribution in [-0.2, 0) is 0 Å². The van der Waals surface area contributed by atoms with Gasteiger partial charge in [-0.1, -0.05) is 0 Å². The Bertz CT molecular complexity index is 497. The highest BCUT2D eigenvalue weighted by Crippen LogP contribution is 2.25. The van der Waals surface area contributed by atoms with Crippen molar-refractivity contribution < 1.29 is 14.0 Å². The number of oxazole rings is 1. The van der Waals surface area contributed by atoms with Gasteiger partial charge in [0, 0.05) is 5.56 Å². The lowest BCUT2D eigenvalue weighted by molar-refractivity contribution is 0.111. The van der Waals surface area contributed by atoms with Crippen LogP contribution in [0.15, 0.2) is 17.0 Å². The summed E-state index contributed by atoms with van der Waals surface area (Å²) in [4.78, 5) is 28.1. The Morgan fingerprint density at radius 1 is 1.40 bits per heavy atom. The van der Waals surface area contributed by atoms with E-state index in [1.807, 2.05) is 0 Å².